The number of fused-ring (bicyclic) bond motifs is 2. The number of para-hydroxylation sites is 1. The molecule has 158 valence electrons. The van der Waals surface area contributed by atoms with E-state index in [0.29, 0.717) is 28.8 Å². The lowest BCUT2D eigenvalue weighted by molar-refractivity contribution is 0.0982. The minimum atomic E-state index is -0.524. The number of amides is 2. The number of carbonyl (C=O) groups is 2. The highest BCUT2D eigenvalue weighted by molar-refractivity contribution is 6.08. The zero-order valence-corrected chi connectivity index (χ0v) is 17.2. The molecule has 0 fully saturated rings. The van der Waals surface area contributed by atoms with Gasteiger partial charge in [-0.25, -0.2) is 0 Å². The average molecular weight is 424 g/mol. The summed E-state index contributed by atoms with van der Waals surface area (Å²) in [6, 6.07) is 22.7. The lowest BCUT2D eigenvalue weighted by Gasteiger charge is -2.30. The number of anilines is 2. The van der Waals surface area contributed by atoms with Gasteiger partial charge in [0.15, 0.2) is 11.2 Å². The van der Waals surface area contributed by atoms with Gasteiger partial charge in [0, 0.05) is 29.5 Å². The molecule has 0 aliphatic carbocycles. The SMILES string of the molecule is O=C(Nc1ccc2c(c1)N(C(=O)c1ccccc1)CCC2)c1cc(=O)c2ccccc2o1. The highest BCUT2D eigenvalue weighted by Gasteiger charge is 2.24. The normalized spacial score (nSPS) is 12.9. The fourth-order valence-electron chi connectivity index (χ4n) is 4.01. The molecule has 0 atom stereocenters. The van der Waals surface area contributed by atoms with Gasteiger partial charge in [0.25, 0.3) is 11.8 Å². The van der Waals surface area contributed by atoms with E-state index in [4.69, 9.17) is 4.42 Å². The molecule has 6 nitrogen and oxygen atoms in total. The van der Waals surface area contributed by atoms with E-state index < -0.39 is 5.91 Å². The van der Waals surface area contributed by atoms with E-state index in [0.717, 1.165) is 24.1 Å². The predicted molar refractivity (Wildman–Crippen MR) is 123 cm³/mol. The molecule has 4 aromatic rings. The van der Waals surface area contributed by atoms with Gasteiger partial charge in [-0.05, 0) is 54.8 Å². The molecule has 1 N–H and O–H groups in total. The Labute approximate surface area is 184 Å². The van der Waals surface area contributed by atoms with Crippen LogP contribution in [-0.2, 0) is 6.42 Å². The highest BCUT2D eigenvalue weighted by atomic mass is 16.3. The van der Waals surface area contributed by atoms with Crippen LogP contribution in [0.15, 0.2) is 88.1 Å². The summed E-state index contributed by atoms with van der Waals surface area (Å²) < 4.78 is 5.63. The standard InChI is InChI=1S/C26H20N2O4/c29-22-16-24(32-23-11-5-4-10-20(22)23)25(30)27-19-13-12-17-9-6-14-28(21(17)15-19)26(31)18-7-2-1-3-8-18/h1-5,7-8,10-13,15-16H,6,9,14H2,(H,27,30). The van der Waals surface area contributed by atoms with E-state index in [2.05, 4.69) is 5.32 Å². The van der Waals surface area contributed by atoms with E-state index in [1.807, 2.05) is 24.3 Å². The van der Waals surface area contributed by atoms with Crippen molar-refractivity contribution in [2.45, 2.75) is 12.8 Å². The molecule has 1 aliphatic heterocycles. The van der Waals surface area contributed by atoms with Crippen LogP contribution >= 0.6 is 0 Å². The summed E-state index contributed by atoms with van der Waals surface area (Å²) in [5.74, 6) is -0.663. The molecule has 0 bridgehead atoms. The van der Waals surface area contributed by atoms with Gasteiger partial charge in [0.1, 0.15) is 5.58 Å². The Balaban J connectivity index is 1.44. The third kappa shape index (κ3) is 3.67. The van der Waals surface area contributed by atoms with Crippen molar-refractivity contribution in [3.63, 3.8) is 0 Å². The summed E-state index contributed by atoms with van der Waals surface area (Å²) in [5.41, 5.74) is 3.06. The van der Waals surface area contributed by atoms with Gasteiger partial charge in [-0.1, -0.05) is 36.4 Å². The van der Waals surface area contributed by atoms with Crippen molar-refractivity contribution in [3.05, 3.63) is 106 Å². The van der Waals surface area contributed by atoms with Gasteiger partial charge >= 0.3 is 0 Å². The second-order valence-electron chi connectivity index (χ2n) is 7.70. The Morgan fingerprint density at radius 3 is 2.53 bits per heavy atom. The molecule has 0 unspecified atom stereocenters. The molecule has 0 spiro atoms. The number of hydrogen-bond acceptors (Lipinski definition) is 4. The molecular weight excluding hydrogens is 404 g/mol. The maximum Gasteiger partial charge on any atom is 0.291 e. The van der Waals surface area contributed by atoms with Crippen LogP contribution in [0.3, 0.4) is 0 Å². The molecule has 5 rings (SSSR count). The lowest BCUT2D eigenvalue weighted by atomic mass is 10.00. The zero-order chi connectivity index (χ0) is 22.1. The Morgan fingerprint density at radius 2 is 1.69 bits per heavy atom. The second kappa shape index (κ2) is 8.15. The number of nitrogens with one attached hydrogen (secondary N) is 1. The number of hydrogen-bond donors (Lipinski definition) is 1. The van der Waals surface area contributed by atoms with Gasteiger partial charge in [0.2, 0.25) is 0 Å². The number of rotatable bonds is 3. The van der Waals surface area contributed by atoms with E-state index in [9.17, 15) is 14.4 Å². The van der Waals surface area contributed by atoms with Crippen LogP contribution in [0.25, 0.3) is 11.0 Å². The van der Waals surface area contributed by atoms with Crippen molar-refractivity contribution in [1.29, 1.82) is 0 Å². The number of benzene rings is 3. The van der Waals surface area contributed by atoms with Crippen LogP contribution in [0.2, 0.25) is 0 Å². The molecule has 1 aliphatic rings. The van der Waals surface area contributed by atoms with Crippen LogP contribution < -0.4 is 15.6 Å². The summed E-state index contributed by atoms with van der Waals surface area (Å²) in [7, 11) is 0. The monoisotopic (exact) mass is 424 g/mol. The summed E-state index contributed by atoms with van der Waals surface area (Å²) >= 11 is 0. The van der Waals surface area contributed by atoms with Crippen LogP contribution in [0.4, 0.5) is 11.4 Å². The Kier molecular flexibility index (Phi) is 5.03. The molecule has 0 saturated carbocycles. The first-order valence-electron chi connectivity index (χ1n) is 10.4. The van der Waals surface area contributed by atoms with Gasteiger partial charge in [-0.2, -0.15) is 0 Å². The van der Waals surface area contributed by atoms with Crippen molar-refractivity contribution in [1.82, 2.24) is 0 Å². The van der Waals surface area contributed by atoms with Crippen molar-refractivity contribution < 1.29 is 14.0 Å². The smallest absolute Gasteiger partial charge is 0.291 e. The first-order valence-corrected chi connectivity index (χ1v) is 10.4. The third-order valence-electron chi connectivity index (χ3n) is 5.59. The topological polar surface area (TPSA) is 79.6 Å². The zero-order valence-electron chi connectivity index (χ0n) is 17.2. The van der Waals surface area contributed by atoms with Crippen molar-refractivity contribution >= 4 is 34.2 Å². The summed E-state index contributed by atoms with van der Waals surface area (Å²) in [6.07, 6.45) is 1.74. The quantitative estimate of drug-likeness (QED) is 0.520. The second-order valence-corrected chi connectivity index (χ2v) is 7.70. The molecule has 1 aromatic heterocycles. The predicted octanol–water partition coefficient (Wildman–Crippen LogP) is 4.64. The molecule has 6 heteroatoms. The Morgan fingerprint density at radius 1 is 0.906 bits per heavy atom. The van der Waals surface area contributed by atoms with Crippen LogP contribution in [0.5, 0.6) is 0 Å². The summed E-state index contributed by atoms with van der Waals surface area (Å²) in [5, 5.41) is 3.21. The van der Waals surface area contributed by atoms with E-state index in [1.165, 1.54) is 6.07 Å². The van der Waals surface area contributed by atoms with Gasteiger partial charge in [-0.15, -0.1) is 0 Å². The maximum absolute atomic E-state index is 13.1. The molecule has 2 amide bonds. The summed E-state index contributed by atoms with van der Waals surface area (Å²) in [4.78, 5) is 39.9. The molecule has 0 radical (unpaired) electrons. The fraction of sp³-hybridized carbons (Fsp3) is 0.115. The fourth-order valence-corrected chi connectivity index (χ4v) is 4.01. The Bertz CT molecular complexity index is 1390. The van der Waals surface area contributed by atoms with Gasteiger partial charge in [0.05, 0.1) is 5.39 Å². The molecule has 0 saturated heterocycles. The molecular formula is C26H20N2O4. The Hall–Kier alpha value is -4.19. The first-order chi connectivity index (χ1) is 15.6. The molecule has 2 heterocycles. The van der Waals surface area contributed by atoms with Gasteiger partial charge < -0.3 is 14.6 Å². The average Bonchev–Trinajstić information content (AvgIpc) is 2.83. The minimum Gasteiger partial charge on any atom is -0.451 e. The van der Waals surface area contributed by atoms with Crippen LogP contribution in [0.1, 0.15) is 32.9 Å². The summed E-state index contributed by atoms with van der Waals surface area (Å²) in [6.45, 7) is 0.609. The van der Waals surface area contributed by atoms with Crippen molar-refractivity contribution in [3.8, 4) is 0 Å². The van der Waals surface area contributed by atoms with E-state index in [1.54, 1.807) is 53.4 Å². The van der Waals surface area contributed by atoms with Crippen LogP contribution in [-0.4, -0.2) is 18.4 Å². The van der Waals surface area contributed by atoms with Crippen LogP contribution in [0, 0.1) is 0 Å². The number of aryl methyl sites for hydroxylation is 1. The minimum absolute atomic E-state index is 0.0661. The maximum atomic E-state index is 13.1. The third-order valence-corrected chi connectivity index (χ3v) is 5.59. The van der Waals surface area contributed by atoms with Crippen molar-refractivity contribution in [2.24, 2.45) is 0 Å². The van der Waals surface area contributed by atoms with Crippen molar-refractivity contribution in [2.75, 3.05) is 16.8 Å². The largest absolute Gasteiger partial charge is 0.451 e. The first kappa shape index (κ1) is 19.8. The number of nitrogens with zero attached hydrogens (tertiary/aromatic N) is 1. The van der Waals surface area contributed by atoms with E-state index in [-0.39, 0.29) is 17.1 Å². The highest BCUT2D eigenvalue weighted by Crippen LogP contribution is 2.31. The van der Waals surface area contributed by atoms with E-state index >= 15 is 0 Å². The molecule has 32 heavy (non-hydrogen) atoms. The lowest BCUT2D eigenvalue weighted by Crippen LogP contribution is -2.35. The molecule has 3 aromatic carbocycles. The number of carbonyl (C=O) groups excluding carboxylic acids is 2. The van der Waals surface area contributed by atoms with Gasteiger partial charge in [-0.3, -0.25) is 14.4 Å².